The Morgan fingerprint density at radius 1 is 1.56 bits per heavy atom. The first-order chi connectivity index (χ1) is 7.75. The van der Waals surface area contributed by atoms with Crippen LogP contribution >= 0.6 is 0 Å². The van der Waals surface area contributed by atoms with Gasteiger partial charge in [0.05, 0.1) is 6.61 Å². The fourth-order valence-electron chi connectivity index (χ4n) is 1.73. The molecule has 1 aromatic carbocycles. The Hall–Kier alpha value is -1.26. The molecule has 1 aromatic rings. The summed E-state index contributed by atoms with van der Waals surface area (Å²) in [5.41, 5.74) is 0.694. The fourth-order valence-corrected chi connectivity index (χ4v) is 1.73. The molecule has 0 bridgehead atoms. The van der Waals surface area contributed by atoms with Gasteiger partial charge in [-0.2, -0.15) is 0 Å². The van der Waals surface area contributed by atoms with E-state index in [0.717, 1.165) is 6.54 Å². The van der Waals surface area contributed by atoms with E-state index in [2.05, 4.69) is 5.32 Å². The van der Waals surface area contributed by atoms with Gasteiger partial charge in [0.2, 0.25) is 0 Å². The molecular formula is C12H14FNO2. The molecule has 1 atom stereocenters. The summed E-state index contributed by atoms with van der Waals surface area (Å²) in [6.07, 6.45) is -0.165. The lowest BCUT2D eigenvalue weighted by atomic mass is 10.0. The van der Waals surface area contributed by atoms with Crippen LogP contribution < -0.4 is 5.32 Å². The number of ether oxygens (including phenoxy) is 1. The maximum Gasteiger partial charge on any atom is 0.167 e. The molecule has 4 heteroatoms. The molecule has 0 radical (unpaired) electrons. The molecule has 2 rings (SSSR count). The van der Waals surface area contributed by atoms with Gasteiger partial charge in [-0.15, -0.1) is 0 Å². The van der Waals surface area contributed by atoms with Crippen LogP contribution in [0.5, 0.6) is 0 Å². The summed E-state index contributed by atoms with van der Waals surface area (Å²) in [5.74, 6) is -0.314. The summed E-state index contributed by atoms with van der Waals surface area (Å²) >= 11 is 0. The zero-order valence-electron chi connectivity index (χ0n) is 8.91. The Balaban J connectivity index is 1.96. The highest BCUT2D eigenvalue weighted by Crippen LogP contribution is 2.08. The predicted molar refractivity (Wildman–Crippen MR) is 57.7 cm³/mol. The van der Waals surface area contributed by atoms with E-state index in [1.165, 1.54) is 12.1 Å². The Kier molecular flexibility index (Phi) is 3.64. The number of halogens is 1. The third-order valence-corrected chi connectivity index (χ3v) is 2.55. The van der Waals surface area contributed by atoms with Gasteiger partial charge in [0, 0.05) is 19.5 Å². The Morgan fingerprint density at radius 3 is 3.12 bits per heavy atom. The second-order valence-electron chi connectivity index (χ2n) is 3.84. The van der Waals surface area contributed by atoms with E-state index in [0.29, 0.717) is 18.7 Å². The highest BCUT2D eigenvalue weighted by atomic mass is 19.1. The normalized spacial score (nSPS) is 20.7. The van der Waals surface area contributed by atoms with Gasteiger partial charge in [0.25, 0.3) is 0 Å². The van der Waals surface area contributed by atoms with Gasteiger partial charge in [-0.05, 0) is 17.7 Å². The summed E-state index contributed by atoms with van der Waals surface area (Å²) in [7, 11) is 0. The van der Waals surface area contributed by atoms with Crippen LogP contribution in [0.2, 0.25) is 0 Å². The number of hydrogen-bond acceptors (Lipinski definition) is 3. The van der Waals surface area contributed by atoms with Crippen LogP contribution in [-0.2, 0) is 16.0 Å². The van der Waals surface area contributed by atoms with Crippen LogP contribution in [0, 0.1) is 5.82 Å². The summed E-state index contributed by atoms with van der Waals surface area (Å²) < 4.78 is 18.2. The van der Waals surface area contributed by atoms with Crippen LogP contribution in [-0.4, -0.2) is 31.6 Å². The lowest BCUT2D eigenvalue weighted by Crippen LogP contribution is -2.43. The average molecular weight is 223 g/mol. The van der Waals surface area contributed by atoms with E-state index in [9.17, 15) is 9.18 Å². The minimum atomic E-state index is -0.392. The summed E-state index contributed by atoms with van der Waals surface area (Å²) in [6, 6.07) is 6.11. The van der Waals surface area contributed by atoms with E-state index < -0.39 is 6.10 Å². The number of benzene rings is 1. The van der Waals surface area contributed by atoms with Crippen LogP contribution in [0.25, 0.3) is 0 Å². The standard InChI is InChI=1S/C12H14FNO2/c13-10-3-1-2-9(6-10)7-11(15)12-8-14-4-5-16-12/h1-3,6,12,14H,4-5,7-8H2. The molecule has 1 heterocycles. The molecule has 0 aromatic heterocycles. The number of hydrogen-bond donors (Lipinski definition) is 1. The zero-order chi connectivity index (χ0) is 11.4. The quantitative estimate of drug-likeness (QED) is 0.828. The van der Waals surface area contributed by atoms with Crippen molar-refractivity contribution in [3.05, 3.63) is 35.6 Å². The SMILES string of the molecule is O=C(Cc1cccc(F)c1)C1CNCCO1. The van der Waals surface area contributed by atoms with Crippen molar-refractivity contribution in [1.29, 1.82) is 0 Å². The second kappa shape index (κ2) is 5.18. The van der Waals surface area contributed by atoms with Gasteiger partial charge < -0.3 is 10.1 Å². The van der Waals surface area contributed by atoms with E-state index in [-0.39, 0.29) is 18.0 Å². The zero-order valence-corrected chi connectivity index (χ0v) is 8.91. The first-order valence-corrected chi connectivity index (χ1v) is 5.35. The van der Waals surface area contributed by atoms with Gasteiger partial charge in [0.15, 0.2) is 5.78 Å². The lowest BCUT2D eigenvalue weighted by molar-refractivity contribution is -0.131. The van der Waals surface area contributed by atoms with Crippen molar-refractivity contribution in [3.63, 3.8) is 0 Å². The molecule has 1 fully saturated rings. The number of carbonyl (C=O) groups excluding carboxylic acids is 1. The molecule has 86 valence electrons. The summed E-state index contributed by atoms with van der Waals surface area (Å²) in [6.45, 7) is 1.89. The van der Waals surface area contributed by atoms with Crippen molar-refractivity contribution in [2.45, 2.75) is 12.5 Å². The van der Waals surface area contributed by atoms with E-state index in [4.69, 9.17) is 4.74 Å². The van der Waals surface area contributed by atoms with Crippen molar-refractivity contribution in [1.82, 2.24) is 5.32 Å². The van der Waals surface area contributed by atoms with Crippen molar-refractivity contribution < 1.29 is 13.9 Å². The highest BCUT2D eigenvalue weighted by molar-refractivity contribution is 5.85. The van der Waals surface area contributed by atoms with Crippen molar-refractivity contribution in [2.75, 3.05) is 19.7 Å². The maximum atomic E-state index is 12.9. The number of ketones is 1. The first kappa shape index (κ1) is 11.2. The molecule has 1 saturated heterocycles. The summed E-state index contributed by atoms with van der Waals surface area (Å²) in [4.78, 5) is 11.8. The minimum Gasteiger partial charge on any atom is -0.368 e. The molecule has 3 nitrogen and oxygen atoms in total. The number of nitrogens with one attached hydrogen (secondary N) is 1. The van der Waals surface area contributed by atoms with Crippen LogP contribution in [0.15, 0.2) is 24.3 Å². The monoisotopic (exact) mass is 223 g/mol. The first-order valence-electron chi connectivity index (χ1n) is 5.35. The third kappa shape index (κ3) is 2.87. The molecule has 16 heavy (non-hydrogen) atoms. The van der Waals surface area contributed by atoms with Crippen molar-refractivity contribution >= 4 is 5.78 Å². The Bertz CT molecular complexity index is 375. The smallest absolute Gasteiger partial charge is 0.167 e. The third-order valence-electron chi connectivity index (χ3n) is 2.55. The lowest BCUT2D eigenvalue weighted by Gasteiger charge is -2.22. The van der Waals surface area contributed by atoms with Gasteiger partial charge in [0.1, 0.15) is 11.9 Å². The van der Waals surface area contributed by atoms with E-state index >= 15 is 0 Å². The topological polar surface area (TPSA) is 38.3 Å². The largest absolute Gasteiger partial charge is 0.368 e. The van der Waals surface area contributed by atoms with Gasteiger partial charge in [-0.25, -0.2) is 4.39 Å². The molecule has 0 saturated carbocycles. The second-order valence-corrected chi connectivity index (χ2v) is 3.84. The molecule has 1 aliphatic heterocycles. The number of rotatable bonds is 3. The minimum absolute atomic E-state index is 0.00204. The number of morpholine rings is 1. The van der Waals surface area contributed by atoms with Crippen LogP contribution in [0.1, 0.15) is 5.56 Å². The van der Waals surface area contributed by atoms with E-state index in [1.54, 1.807) is 12.1 Å². The Labute approximate surface area is 93.6 Å². The molecule has 0 spiro atoms. The van der Waals surface area contributed by atoms with Gasteiger partial charge in [-0.1, -0.05) is 12.1 Å². The van der Waals surface area contributed by atoms with Crippen LogP contribution in [0.4, 0.5) is 4.39 Å². The van der Waals surface area contributed by atoms with Gasteiger partial charge >= 0.3 is 0 Å². The molecule has 1 unspecified atom stereocenters. The maximum absolute atomic E-state index is 12.9. The molecule has 1 aliphatic rings. The Morgan fingerprint density at radius 2 is 2.44 bits per heavy atom. The molecule has 0 amide bonds. The van der Waals surface area contributed by atoms with Gasteiger partial charge in [-0.3, -0.25) is 4.79 Å². The average Bonchev–Trinajstić information content (AvgIpc) is 2.30. The van der Waals surface area contributed by atoms with Crippen LogP contribution in [0.3, 0.4) is 0 Å². The fraction of sp³-hybridized carbons (Fsp3) is 0.417. The van der Waals surface area contributed by atoms with Crippen molar-refractivity contribution in [2.24, 2.45) is 0 Å². The highest BCUT2D eigenvalue weighted by Gasteiger charge is 2.21. The summed E-state index contributed by atoms with van der Waals surface area (Å²) in [5, 5.41) is 3.09. The number of Topliss-reactive ketones (excluding diaryl/α,β-unsaturated/α-hetero) is 1. The predicted octanol–water partition coefficient (Wildman–Crippen LogP) is 0.926. The van der Waals surface area contributed by atoms with E-state index in [1.807, 2.05) is 0 Å². The molecule has 0 aliphatic carbocycles. The van der Waals surface area contributed by atoms with Crippen molar-refractivity contribution in [3.8, 4) is 0 Å². The molecular weight excluding hydrogens is 209 g/mol. The number of carbonyl (C=O) groups is 1. The molecule has 1 N–H and O–H groups in total.